The number of rotatable bonds is 5. The second-order valence-corrected chi connectivity index (χ2v) is 4.58. The summed E-state index contributed by atoms with van der Waals surface area (Å²) >= 11 is 0. The zero-order chi connectivity index (χ0) is 11.5. The Bertz CT molecular complexity index is 349. The molecule has 0 radical (unpaired) electrons. The molecule has 0 unspecified atom stereocenters. The van der Waals surface area contributed by atoms with Gasteiger partial charge in [0.2, 0.25) is 0 Å². The molecule has 0 aromatic heterocycles. The summed E-state index contributed by atoms with van der Waals surface area (Å²) in [4.78, 5) is 0. The number of aryl methyl sites for hydroxylation is 2. The van der Waals surface area contributed by atoms with E-state index >= 15 is 0 Å². The highest BCUT2D eigenvalue weighted by molar-refractivity contribution is 5.58. The molecule has 0 spiro atoms. The van der Waals surface area contributed by atoms with Crippen LogP contribution in [0.4, 0.5) is 5.69 Å². The number of hydrogen-bond acceptors (Lipinski definition) is 3. The first-order valence-electron chi connectivity index (χ1n) is 5.74. The lowest BCUT2D eigenvalue weighted by molar-refractivity contribution is 0.0100. The number of nitrogen functional groups attached to an aromatic ring is 1. The first-order chi connectivity index (χ1) is 7.66. The molecule has 16 heavy (non-hydrogen) atoms. The molecule has 0 bridgehead atoms. The van der Waals surface area contributed by atoms with E-state index in [1.165, 1.54) is 12.8 Å². The fraction of sp³-hybridized carbons (Fsp3) is 0.538. The minimum atomic E-state index is 0.296. The summed E-state index contributed by atoms with van der Waals surface area (Å²) < 4.78 is 11.0. The van der Waals surface area contributed by atoms with E-state index in [1.54, 1.807) is 0 Å². The molecule has 0 amide bonds. The molecule has 0 saturated heterocycles. The molecule has 3 nitrogen and oxygen atoms in total. The number of benzene rings is 1. The number of anilines is 1. The van der Waals surface area contributed by atoms with Crippen molar-refractivity contribution < 1.29 is 9.47 Å². The summed E-state index contributed by atoms with van der Waals surface area (Å²) in [6, 6.07) is 3.98. The average molecular weight is 221 g/mol. The molecule has 0 atom stereocenters. The van der Waals surface area contributed by atoms with Gasteiger partial charge in [-0.3, -0.25) is 0 Å². The van der Waals surface area contributed by atoms with Gasteiger partial charge in [-0.2, -0.15) is 0 Å². The van der Waals surface area contributed by atoms with Gasteiger partial charge in [0.15, 0.2) is 6.79 Å². The van der Waals surface area contributed by atoms with Gasteiger partial charge in [0.05, 0.1) is 12.3 Å². The average Bonchev–Trinajstić information content (AvgIpc) is 2.98. The summed E-state index contributed by atoms with van der Waals surface area (Å²) in [7, 11) is 0. The van der Waals surface area contributed by atoms with Crippen LogP contribution in [-0.4, -0.2) is 13.4 Å². The Hall–Kier alpha value is -1.22. The van der Waals surface area contributed by atoms with Crippen LogP contribution in [0.5, 0.6) is 5.75 Å². The van der Waals surface area contributed by atoms with E-state index in [-0.39, 0.29) is 0 Å². The second-order valence-electron chi connectivity index (χ2n) is 4.58. The smallest absolute Gasteiger partial charge is 0.189 e. The molecule has 2 N–H and O–H groups in total. The maximum absolute atomic E-state index is 5.90. The first-order valence-corrected chi connectivity index (χ1v) is 5.74. The Morgan fingerprint density at radius 1 is 1.31 bits per heavy atom. The molecule has 1 aromatic rings. The van der Waals surface area contributed by atoms with Gasteiger partial charge in [0, 0.05) is 0 Å². The van der Waals surface area contributed by atoms with Crippen molar-refractivity contribution in [3.05, 3.63) is 23.3 Å². The molecule has 0 heterocycles. The first kappa shape index (κ1) is 11.3. The predicted octanol–water partition coefficient (Wildman–Crippen LogP) is 2.65. The van der Waals surface area contributed by atoms with Crippen LogP contribution in [0.15, 0.2) is 12.1 Å². The lowest BCUT2D eigenvalue weighted by atomic mass is 10.1. The molecule has 1 fully saturated rings. The number of nitrogens with two attached hydrogens (primary N) is 1. The third-order valence-corrected chi connectivity index (χ3v) is 2.78. The predicted molar refractivity (Wildman–Crippen MR) is 64.5 cm³/mol. The lowest BCUT2D eigenvalue weighted by Gasteiger charge is -2.12. The SMILES string of the molecule is Cc1cc(C)c(OCOCC2CC2)c(N)c1. The molecule has 88 valence electrons. The largest absolute Gasteiger partial charge is 0.465 e. The highest BCUT2D eigenvalue weighted by Crippen LogP contribution is 2.30. The zero-order valence-corrected chi connectivity index (χ0v) is 9.95. The van der Waals surface area contributed by atoms with Gasteiger partial charge < -0.3 is 15.2 Å². The van der Waals surface area contributed by atoms with Gasteiger partial charge in [-0.25, -0.2) is 0 Å². The van der Waals surface area contributed by atoms with Crippen LogP contribution in [0.1, 0.15) is 24.0 Å². The highest BCUT2D eigenvalue weighted by atomic mass is 16.7. The minimum absolute atomic E-state index is 0.296. The van der Waals surface area contributed by atoms with Crippen LogP contribution in [0.3, 0.4) is 0 Å². The van der Waals surface area contributed by atoms with Crippen LogP contribution in [0, 0.1) is 19.8 Å². The van der Waals surface area contributed by atoms with Crippen molar-refractivity contribution in [1.82, 2.24) is 0 Å². The molecule has 1 saturated carbocycles. The maximum atomic E-state index is 5.90. The summed E-state index contributed by atoms with van der Waals surface area (Å²) in [6.07, 6.45) is 2.59. The second kappa shape index (κ2) is 4.74. The van der Waals surface area contributed by atoms with Crippen molar-refractivity contribution >= 4 is 5.69 Å². The molecule has 1 aliphatic carbocycles. The Labute approximate surface area is 96.5 Å². The third kappa shape index (κ3) is 2.89. The van der Waals surface area contributed by atoms with Gasteiger partial charge >= 0.3 is 0 Å². The van der Waals surface area contributed by atoms with Crippen molar-refractivity contribution in [2.45, 2.75) is 26.7 Å². The standard InChI is InChI=1S/C13H19NO2/c1-9-5-10(2)13(12(14)6-9)16-8-15-7-11-3-4-11/h5-6,11H,3-4,7-8,14H2,1-2H3. The monoisotopic (exact) mass is 221 g/mol. The van der Waals surface area contributed by atoms with Crippen LogP contribution in [0.2, 0.25) is 0 Å². The zero-order valence-electron chi connectivity index (χ0n) is 9.95. The van der Waals surface area contributed by atoms with Gasteiger partial charge in [0.1, 0.15) is 5.75 Å². The maximum Gasteiger partial charge on any atom is 0.189 e. The fourth-order valence-corrected chi connectivity index (χ4v) is 1.78. The third-order valence-electron chi connectivity index (χ3n) is 2.78. The van der Waals surface area contributed by atoms with Crippen molar-refractivity contribution in [1.29, 1.82) is 0 Å². The summed E-state index contributed by atoms with van der Waals surface area (Å²) in [5.41, 5.74) is 8.80. The Kier molecular flexibility index (Phi) is 3.34. The molecule has 1 aromatic carbocycles. The lowest BCUT2D eigenvalue weighted by Crippen LogP contribution is -2.07. The highest BCUT2D eigenvalue weighted by Gasteiger charge is 2.21. The fourth-order valence-electron chi connectivity index (χ4n) is 1.78. The molecule has 2 rings (SSSR count). The number of hydrogen-bond donors (Lipinski definition) is 1. The Morgan fingerprint density at radius 3 is 2.69 bits per heavy atom. The minimum Gasteiger partial charge on any atom is -0.465 e. The van der Waals surface area contributed by atoms with Crippen molar-refractivity contribution in [3.63, 3.8) is 0 Å². The van der Waals surface area contributed by atoms with Crippen LogP contribution < -0.4 is 10.5 Å². The topological polar surface area (TPSA) is 44.5 Å². The van der Waals surface area contributed by atoms with Crippen molar-refractivity contribution in [2.24, 2.45) is 5.92 Å². The van der Waals surface area contributed by atoms with E-state index in [2.05, 4.69) is 6.07 Å². The van der Waals surface area contributed by atoms with E-state index < -0.39 is 0 Å². The van der Waals surface area contributed by atoms with Crippen LogP contribution >= 0.6 is 0 Å². The summed E-state index contributed by atoms with van der Waals surface area (Å²) in [5, 5.41) is 0. The van der Waals surface area contributed by atoms with Gasteiger partial charge in [-0.1, -0.05) is 6.07 Å². The Morgan fingerprint density at radius 2 is 2.06 bits per heavy atom. The van der Waals surface area contributed by atoms with E-state index in [0.29, 0.717) is 12.5 Å². The number of ether oxygens (including phenoxy) is 2. The van der Waals surface area contributed by atoms with Crippen molar-refractivity contribution in [3.8, 4) is 5.75 Å². The summed E-state index contributed by atoms with van der Waals surface area (Å²) in [5.74, 6) is 1.52. The van der Waals surface area contributed by atoms with E-state index in [4.69, 9.17) is 15.2 Å². The van der Waals surface area contributed by atoms with Crippen LogP contribution in [0.25, 0.3) is 0 Å². The molecular weight excluding hydrogens is 202 g/mol. The molecular formula is C13H19NO2. The summed E-state index contributed by atoms with van der Waals surface area (Å²) in [6.45, 7) is 5.13. The molecule has 0 aliphatic heterocycles. The molecule has 3 heteroatoms. The van der Waals surface area contributed by atoms with E-state index in [9.17, 15) is 0 Å². The Balaban J connectivity index is 1.87. The van der Waals surface area contributed by atoms with Crippen LogP contribution in [-0.2, 0) is 4.74 Å². The molecule has 1 aliphatic rings. The normalized spacial score (nSPS) is 15.1. The quantitative estimate of drug-likeness (QED) is 0.472. The van der Waals surface area contributed by atoms with Gasteiger partial charge in [-0.05, 0) is 49.8 Å². The van der Waals surface area contributed by atoms with E-state index in [1.807, 2.05) is 19.9 Å². The van der Waals surface area contributed by atoms with Gasteiger partial charge in [0.25, 0.3) is 0 Å². The van der Waals surface area contributed by atoms with E-state index in [0.717, 1.165) is 29.4 Å². The van der Waals surface area contributed by atoms with Gasteiger partial charge in [-0.15, -0.1) is 0 Å². The van der Waals surface area contributed by atoms with Crippen molar-refractivity contribution in [2.75, 3.05) is 19.1 Å².